The van der Waals surface area contributed by atoms with Gasteiger partial charge >= 0.3 is 0 Å². The SMILES string of the molecule is CC1(C)CC(NC(=N)Nc2ccncc2)C(C)(C)N1O. The van der Waals surface area contributed by atoms with Crippen molar-refractivity contribution in [3.63, 3.8) is 0 Å². The first-order valence-corrected chi connectivity index (χ1v) is 6.75. The van der Waals surface area contributed by atoms with E-state index in [2.05, 4.69) is 15.6 Å². The van der Waals surface area contributed by atoms with Crippen LogP contribution in [0.25, 0.3) is 0 Å². The van der Waals surface area contributed by atoms with Crippen LogP contribution < -0.4 is 10.6 Å². The molecule has 20 heavy (non-hydrogen) atoms. The molecule has 4 N–H and O–H groups in total. The lowest BCUT2D eigenvalue weighted by molar-refractivity contribution is -0.193. The van der Waals surface area contributed by atoms with Gasteiger partial charge in [-0.3, -0.25) is 10.4 Å². The van der Waals surface area contributed by atoms with Crippen LogP contribution in [-0.4, -0.2) is 38.3 Å². The molecule has 6 heteroatoms. The van der Waals surface area contributed by atoms with Crippen LogP contribution in [0.5, 0.6) is 0 Å². The van der Waals surface area contributed by atoms with Crippen LogP contribution in [0.3, 0.4) is 0 Å². The lowest BCUT2D eigenvalue weighted by Crippen LogP contribution is -2.53. The largest absolute Gasteiger partial charge is 0.352 e. The molecule has 0 radical (unpaired) electrons. The third-order valence-electron chi connectivity index (χ3n) is 3.94. The van der Waals surface area contributed by atoms with Crippen molar-refractivity contribution in [1.29, 1.82) is 5.41 Å². The summed E-state index contributed by atoms with van der Waals surface area (Å²) in [6.45, 7) is 7.94. The zero-order valence-corrected chi connectivity index (χ0v) is 12.4. The lowest BCUT2D eigenvalue weighted by Gasteiger charge is -2.36. The minimum absolute atomic E-state index is 0.00987. The van der Waals surface area contributed by atoms with Gasteiger partial charge in [-0.2, -0.15) is 5.06 Å². The van der Waals surface area contributed by atoms with E-state index in [1.807, 2.05) is 27.7 Å². The van der Waals surface area contributed by atoms with Gasteiger partial charge in [-0.15, -0.1) is 0 Å². The number of nitrogens with zero attached hydrogens (tertiary/aromatic N) is 2. The number of nitrogens with one attached hydrogen (secondary N) is 3. The molecule has 110 valence electrons. The molecule has 0 bridgehead atoms. The highest BCUT2D eigenvalue weighted by molar-refractivity contribution is 5.91. The molecule has 2 rings (SSSR count). The molecule has 2 heterocycles. The first-order valence-electron chi connectivity index (χ1n) is 6.75. The zero-order valence-electron chi connectivity index (χ0n) is 12.4. The molecule has 1 aliphatic heterocycles. The second-order valence-electron chi connectivity index (χ2n) is 6.41. The van der Waals surface area contributed by atoms with Crippen molar-refractivity contribution in [2.45, 2.75) is 51.2 Å². The summed E-state index contributed by atoms with van der Waals surface area (Å²) in [5, 5.41) is 25.8. The molecule has 0 aliphatic carbocycles. The Bertz CT molecular complexity index is 486. The van der Waals surface area contributed by atoms with Gasteiger partial charge in [-0.25, -0.2) is 0 Å². The van der Waals surface area contributed by atoms with E-state index in [0.717, 1.165) is 12.1 Å². The summed E-state index contributed by atoms with van der Waals surface area (Å²) in [4.78, 5) is 3.94. The Labute approximate surface area is 119 Å². The Kier molecular flexibility index (Phi) is 3.71. The number of rotatable bonds is 2. The highest BCUT2D eigenvalue weighted by Gasteiger charge is 2.51. The minimum Gasteiger partial charge on any atom is -0.352 e. The number of guanidine groups is 1. The standard InChI is InChI=1S/C14H23N5O/c1-13(2)9-11(14(3,4)19(13)20)18-12(15)17-10-5-7-16-8-6-10/h5-8,11,20H,9H2,1-4H3,(H3,15,16,17,18). The van der Waals surface area contributed by atoms with E-state index < -0.39 is 5.54 Å². The predicted octanol–water partition coefficient (Wildman–Crippen LogP) is 2.04. The monoisotopic (exact) mass is 277 g/mol. The lowest BCUT2D eigenvalue weighted by atomic mass is 9.94. The van der Waals surface area contributed by atoms with E-state index in [0.29, 0.717) is 0 Å². The fraction of sp³-hybridized carbons (Fsp3) is 0.571. The van der Waals surface area contributed by atoms with Crippen molar-refractivity contribution in [2.75, 3.05) is 5.32 Å². The van der Waals surface area contributed by atoms with E-state index in [1.54, 1.807) is 24.5 Å². The van der Waals surface area contributed by atoms with Crippen molar-refractivity contribution in [1.82, 2.24) is 15.4 Å². The Balaban J connectivity index is 2.02. The Morgan fingerprint density at radius 3 is 2.45 bits per heavy atom. The van der Waals surface area contributed by atoms with Crippen molar-refractivity contribution in [3.8, 4) is 0 Å². The predicted molar refractivity (Wildman–Crippen MR) is 78.9 cm³/mol. The number of hydrogen-bond donors (Lipinski definition) is 4. The molecule has 1 aromatic heterocycles. The van der Waals surface area contributed by atoms with Gasteiger partial charge in [-0.1, -0.05) is 0 Å². The summed E-state index contributed by atoms with van der Waals surface area (Å²) in [6, 6.07) is 3.60. The molecular formula is C14H23N5O. The maximum absolute atomic E-state index is 10.3. The van der Waals surface area contributed by atoms with E-state index >= 15 is 0 Å². The van der Waals surface area contributed by atoms with Crippen LogP contribution in [0.1, 0.15) is 34.1 Å². The van der Waals surface area contributed by atoms with Gasteiger partial charge < -0.3 is 15.8 Å². The highest BCUT2D eigenvalue weighted by atomic mass is 16.5. The number of pyridine rings is 1. The summed E-state index contributed by atoms with van der Waals surface area (Å²) in [5.41, 5.74) is 0.0711. The topological polar surface area (TPSA) is 84.3 Å². The molecule has 1 aromatic rings. The molecule has 1 aliphatic rings. The van der Waals surface area contributed by atoms with E-state index in [4.69, 9.17) is 5.41 Å². The van der Waals surface area contributed by atoms with Crippen LogP contribution >= 0.6 is 0 Å². The Morgan fingerprint density at radius 1 is 1.35 bits per heavy atom. The molecule has 1 saturated heterocycles. The second kappa shape index (κ2) is 5.03. The third-order valence-corrected chi connectivity index (χ3v) is 3.94. The van der Waals surface area contributed by atoms with Crippen LogP contribution in [0.15, 0.2) is 24.5 Å². The fourth-order valence-electron chi connectivity index (χ4n) is 2.78. The quantitative estimate of drug-likeness (QED) is 0.491. The highest BCUT2D eigenvalue weighted by Crippen LogP contribution is 2.38. The molecule has 1 fully saturated rings. The maximum Gasteiger partial charge on any atom is 0.193 e. The van der Waals surface area contributed by atoms with E-state index in [-0.39, 0.29) is 17.5 Å². The van der Waals surface area contributed by atoms with Crippen LogP contribution in [0.4, 0.5) is 5.69 Å². The van der Waals surface area contributed by atoms with Gasteiger partial charge in [0.05, 0.1) is 11.6 Å². The van der Waals surface area contributed by atoms with E-state index in [9.17, 15) is 5.21 Å². The zero-order chi connectivity index (χ0) is 15.0. The Morgan fingerprint density at radius 2 is 1.95 bits per heavy atom. The number of hydroxylamine groups is 2. The van der Waals surface area contributed by atoms with Gasteiger partial charge in [0.25, 0.3) is 0 Å². The van der Waals surface area contributed by atoms with Crippen molar-refractivity contribution in [2.24, 2.45) is 0 Å². The molecule has 0 amide bonds. The first-order chi connectivity index (χ1) is 9.23. The summed E-state index contributed by atoms with van der Waals surface area (Å²) in [5.74, 6) is 0.223. The van der Waals surface area contributed by atoms with E-state index in [1.165, 1.54) is 5.06 Å². The van der Waals surface area contributed by atoms with Crippen molar-refractivity contribution >= 4 is 11.6 Å². The fourth-order valence-corrected chi connectivity index (χ4v) is 2.78. The summed E-state index contributed by atoms with van der Waals surface area (Å²) in [7, 11) is 0. The van der Waals surface area contributed by atoms with Crippen LogP contribution in [0.2, 0.25) is 0 Å². The second-order valence-corrected chi connectivity index (χ2v) is 6.41. The number of anilines is 1. The summed E-state index contributed by atoms with van der Waals surface area (Å²) >= 11 is 0. The average molecular weight is 277 g/mol. The summed E-state index contributed by atoms with van der Waals surface area (Å²) < 4.78 is 0. The average Bonchev–Trinajstić information content (AvgIpc) is 2.51. The normalized spacial score (nSPS) is 24.4. The van der Waals surface area contributed by atoms with Crippen molar-refractivity contribution in [3.05, 3.63) is 24.5 Å². The molecule has 0 spiro atoms. The third kappa shape index (κ3) is 2.76. The van der Waals surface area contributed by atoms with Gasteiger partial charge in [0.2, 0.25) is 0 Å². The van der Waals surface area contributed by atoms with Gasteiger partial charge in [-0.05, 0) is 46.2 Å². The molecule has 0 aromatic carbocycles. The Hall–Kier alpha value is -1.66. The molecule has 1 atom stereocenters. The number of hydrogen-bond acceptors (Lipinski definition) is 4. The minimum atomic E-state index is -0.435. The van der Waals surface area contributed by atoms with Gasteiger partial charge in [0.15, 0.2) is 5.96 Å². The smallest absolute Gasteiger partial charge is 0.193 e. The first kappa shape index (κ1) is 14.7. The van der Waals surface area contributed by atoms with Gasteiger partial charge in [0.1, 0.15) is 0 Å². The van der Waals surface area contributed by atoms with Crippen LogP contribution in [-0.2, 0) is 0 Å². The maximum atomic E-state index is 10.3. The molecule has 6 nitrogen and oxygen atoms in total. The molecule has 1 unspecified atom stereocenters. The summed E-state index contributed by atoms with van der Waals surface area (Å²) in [6.07, 6.45) is 4.11. The molecule has 0 saturated carbocycles. The van der Waals surface area contributed by atoms with Crippen LogP contribution in [0, 0.1) is 5.41 Å². The van der Waals surface area contributed by atoms with Gasteiger partial charge in [0, 0.05) is 23.6 Å². The van der Waals surface area contributed by atoms with Crippen molar-refractivity contribution < 1.29 is 5.21 Å². The molecular weight excluding hydrogens is 254 g/mol. The number of aromatic nitrogens is 1.